The molecular weight excluding hydrogens is 532 g/mol. The zero-order chi connectivity index (χ0) is 24.6. The Morgan fingerprint density at radius 1 is 1.08 bits per heavy atom. The summed E-state index contributed by atoms with van der Waals surface area (Å²) >= 11 is 4.98. The van der Waals surface area contributed by atoms with Gasteiger partial charge in [0, 0.05) is 10.0 Å². The molecular formula is C30H21BrN2O2S. The first-order valence-electron chi connectivity index (χ1n) is 11.7. The highest BCUT2D eigenvalue weighted by atomic mass is 79.9. The van der Waals surface area contributed by atoms with Crippen LogP contribution in [-0.4, -0.2) is 11.2 Å². The molecule has 0 bridgehead atoms. The fraction of sp³-hybridized carbons (Fsp3) is 0.133. The van der Waals surface area contributed by atoms with Crippen molar-refractivity contribution in [2.75, 3.05) is 6.61 Å². The maximum Gasteiger partial charge on any atom is 0.271 e. The molecule has 6 rings (SSSR count). The number of terminal acetylenes is 1. The van der Waals surface area contributed by atoms with Gasteiger partial charge in [0.25, 0.3) is 5.56 Å². The first-order chi connectivity index (χ1) is 17.6. The van der Waals surface area contributed by atoms with Crippen LogP contribution in [-0.2, 0) is 6.42 Å². The lowest BCUT2D eigenvalue weighted by Gasteiger charge is -2.30. The van der Waals surface area contributed by atoms with E-state index in [1.807, 2.05) is 47.0 Å². The summed E-state index contributed by atoms with van der Waals surface area (Å²) in [5, 5.41) is 0. The van der Waals surface area contributed by atoms with Crippen LogP contribution in [0.4, 0.5) is 0 Å². The number of fused-ring (bicyclic) bond motifs is 3. The predicted molar refractivity (Wildman–Crippen MR) is 148 cm³/mol. The fourth-order valence-electron chi connectivity index (χ4n) is 4.90. The molecule has 0 amide bonds. The molecule has 1 aromatic heterocycles. The van der Waals surface area contributed by atoms with Crippen molar-refractivity contribution in [1.29, 1.82) is 0 Å². The van der Waals surface area contributed by atoms with E-state index in [2.05, 4.69) is 58.2 Å². The van der Waals surface area contributed by atoms with E-state index in [1.165, 1.54) is 28.0 Å². The maximum atomic E-state index is 13.8. The van der Waals surface area contributed by atoms with Crippen LogP contribution in [0.1, 0.15) is 34.7 Å². The van der Waals surface area contributed by atoms with Crippen LogP contribution >= 0.6 is 27.3 Å². The van der Waals surface area contributed by atoms with E-state index in [0.29, 0.717) is 10.3 Å². The summed E-state index contributed by atoms with van der Waals surface area (Å²) in [5.74, 6) is 3.17. The quantitative estimate of drug-likeness (QED) is 0.331. The van der Waals surface area contributed by atoms with Crippen LogP contribution < -0.4 is 19.6 Å². The van der Waals surface area contributed by atoms with Gasteiger partial charge in [-0.2, -0.15) is 0 Å². The minimum atomic E-state index is -0.181. The third-order valence-electron chi connectivity index (χ3n) is 6.56. The van der Waals surface area contributed by atoms with Crippen molar-refractivity contribution in [2.24, 2.45) is 4.99 Å². The van der Waals surface area contributed by atoms with E-state index in [4.69, 9.17) is 16.2 Å². The monoisotopic (exact) mass is 552 g/mol. The Kier molecular flexibility index (Phi) is 5.96. The predicted octanol–water partition coefficient (Wildman–Crippen LogP) is 5.09. The molecule has 0 radical (unpaired) electrons. The first-order valence-corrected chi connectivity index (χ1v) is 13.3. The van der Waals surface area contributed by atoms with Gasteiger partial charge in [0.1, 0.15) is 12.4 Å². The van der Waals surface area contributed by atoms with Crippen molar-refractivity contribution in [3.8, 4) is 18.1 Å². The molecule has 1 atom stereocenters. The molecule has 0 fully saturated rings. The molecule has 176 valence electrons. The molecule has 0 saturated heterocycles. The average Bonchev–Trinajstić information content (AvgIpc) is 3.22. The number of ether oxygens (including phenoxy) is 1. The lowest BCUT2D eigenvalue weighted by molar-refractivity contribution is 0.370. The van der Waals surface area contributed by atoms with E-state index in [9.17, 15) is 4.79 Å². The number of aromatic nitrogens is 1. The molecule has 4 nitrogen and oxygen atoms in total. The highest BCUT2D eigenvalue weighted by Crippen LogP contribution is 2.41. The number of allylic oxidation sites excluding steroid dienone is 1. The van der Waals surface area contributed by atoms with Gasteiger partial charge in [-0.25, -0.2) is 4.99 Å². The van der Waals surface area contributed by atoms with Crippen molar-refractivity contribution in [3.63, 3.8) is 0 Å². The molecule has 1 aliphatic heterocycles. The maximum absolute atomic E-state index is 13.8. The summed E-state index contributed by atoms with van der Waals surface area (Å²) in [5.41, 5.74) is 6.66. The zero-order valence-corrected chi connectivity index (χ0v) is 21.7. The number of rotatable bonds is 4. The van der Waals surface area contributed by atoms with Crippen molar-refractivity contribution in [2.45, 2.75) is 18.9 Å². The normalized spacial score (nSPS) is 16.4. The number of thiazole rings is 1. The van der Waals surface area contributed by atoms with Gasteiger partial charge in [-0.15, -0.1) is 6.42 Å². The number of aryl methyl sites for hydroxylation is 1. The second-order valence-corrected chi connectivity index (χ2v) is 10.7. The Morgan fingerprint density at radius 2 is 1.86 bits per heavy atom. The topological polar surface area (TPSA) is 43.6 Å². The molecule has 6 heteroatoms. The van der Waals surface area contributed by atoms with Crippen LogP contribution in [0.3, 0.4) is 0 Å². The van der Waals surface area contributed by atoms with E-state index in [0.717, 1.165) is 38.9 Å². The van der Waals surface area contributed by atoms with Gasteiger partial charge in [-0.1, -0.05) is 81.7 Å². The van der Waals surface area contributed by atoms with Crippen LogP contribution in [0.25, 0.3) is 11.8 Å². The van der Waals surface area contributed by atoms with Gasteiger partial charge in [0.05, 0.1) is 16.3 Å². The molecule has 3 aromatic carbocycles. The summed E-state index contributed by atoms with van der Waals surface area (Å²) in [4.78, 5) is 19.6. The summed E-state index contributed by atoms with van der Waals surface area (Å²) in [6, 6.07) is 24.1. The standard InChI is InChI=1S/C30H21BrN2O2S/c1-2-17-35-23-14-7-19(8-15-23)18-26-29(34)33-28(21-9-12-22(31)13-10-21)25-16-11-20-5-3-4-6-24(20)27(25)32-30(33)36-26/h1,3-10,12-15,18,28H,11,16-17H2. The Balaban J connectivity index is 1.52. The Morgan fingerprint density at radius 3 is 2.64 bits per heavy atom. The van der Waals surface area contributed by atoms with Crippen LogP contribution in [0.5, 0.6) is 5.75 Å². The first kappa shape index (κ1) is 22.8. The average molecular weight is 553 g/mol. The van der Waals surface area contributed by atoms with Crippen molar-refractivity contribution < 1.29 is 4.74 Å². The zero-order valence-electron chi connectivity index (χ0n) is 19.3. The second-order valence-electron chi connectivity index (χ2n) is 8.73. The SMILES string of the molecule is C#CCOc1ccc(C=c2sc3n(c2=O)C(c2ccc(Br)cc2)C2=C(N=3)c3ccccc3CC2)cc1. The fourth-order valence-corrected chi connectivity index (χ4v) is 6.17. The van der Waals surface area contributed by atoms with Gasteiger partial charge in [-0.3, -0.25) is 9.36 Å². The summed E-state index contributed by atoms with van der Waals surface area (Å²) in [6.45, 7) is 0.224. The minimum absolute atomic E-state index is 0.0234. The van der Waals surface area contributed by atoms with Crippen LogP contribution in [0.15, 0.2) is 92.6 Å². The highest BCUT2D eigenvalue weighted by Gasteiger charge is 2.32. The smallest absolute Gasteiger partial charge is 0.271 e. The minimum Gasteiger partial charge on any atom is -0.481 e. The van der Waals surface area contributed by atoms with Gasteiger partial charge in [-0.05, 0) is 65.4 Å². The largest absolute Gasteiger partial charge is 0.481 e. The number of benzene rings is 3. The lowest BCUT2D eigenvalue weighted by atomic mass is 9.83. The number of nitrogens with zero attached hydrogens (tertiary/aromatic N) is 2. The van der Waals surface area contributed by atoms with Gasteiger partial charge in [0.2, 0.25) is 0 Å². The lowest BCUT2D eigenvalue weighted by Crippen LogP contribution is -2.38. The number of hydrogen-bond acceptors (Lipinski definition) is 4. The summed E-state index contributed by atoms with van der Waals surface area (Å²) in [7, 11) is 0. The summed E-state index contributed by atoms with van der Waals surface area (Å²) < 4.78 is 9.00. The molecule has 1 unspecified atom stereocenters. The van der Waals surface area contributed by atoms with Crippen LogP contribution in [0, 0.1) is 12.3 Å². The third kappa shape index (κ3) is 4.05. The van der Waals surface area contributed by atoms with E-state index < -0.39 is 0 Å². The molecule has 2 heterocycles. The van der Waals surface area contributed by atoms with E-state index >= 15 is 0 Å². The summed E-state index contributed by atoms with van der Waals surface area (Å²) in [6.07, 6.45) is 9.01. The Hall–Kier alpha value is -3.66. The number of halogens is 1. The Labute approximate surface area is 221 Å². The molecule has 0 saturated carbocycles. The molecule has 0 spiro atoms. The molecule has 1 aliphatic carbocycles. The van der Waals surface area contributed by atoms with Crippen molar-refractivity contribution in [1.82, 2.24) is 4.57 Å². The van der Waals surface area contributed by atoms with Gasteiger partial charge in [0.15, 0.2) is 4.80 Å². The van der Waals surface area contributed by atoms with Crippen molar-refractivity contribution in [3.05, 3.63) is 125 Å². The van der Waals surface area contributed by atoms with Gasteiger partial charge >= 0.3 is 0 Å². The van der Waals surface area contributed by atoms with Crippen LogP contribution in [0.2, 0.25) is 0 Å². The van der Waals surface area contributed by atoms with Gasteiger partial charge < -0.3 is 4.74 Å². The molecule has 4 aromatic rings. The number of hydrogen-bond donors (Lipinski definition) is 0. The Bertz CT molecular complexity index is 1720. The third-order valence-corrected chi connectivity index (χ3v) is 8.07. The van der Waals surface area contributed by atoms with E-state index in [-0.39, 0.29) is 18.2 Å². The molecule has 36 heavy (non-hydrogen) atoms. The highest BCUT2D eigenvalue weighted by molar-refractivity contribution is 9.10. The van der Waals surface area contributed by atoms with E-state index in [1.54, 1.807) is 0 Å². The molecule has 0 N–H and O–H groups in total. The van der Waals surface area contributed by atoms with Crippen molar-refractivity contribution >= 4 is 39.0 Å². The molecule has 2 aliphatic rings. The second kappa shape index (κ2) is 9.42.